The predicted octanol–water partition coefficient (Wildman–Crippen LogP) is 2.65. The highest BCUT2D eigenvalue weighted by atomic mass is 16.1. The van der Waals surface area contributed by atoms with Crippen molar-refractivity contribution >= 4 is 5.78 Å². The first kappa shape index (κ1) is 16.0. The predicted molar refractivity (Wildman–Crippen MR) is 83.8 cm³/mol. The lowest BCUT2D eigenvalue weighted by Crippen LogP contribution is -2.45. The van der Waals surface area contributed by atoms with Crippen LogP contribution in [0.25, 0.3) is 0 Å². The molecule has 0 aromatic heterocycles. The summed E-state index contributed by atoms with van der Waals surface area (Å²) in [5.41, 5.74) is 0. The van der Waals surface area contributed by atoms with Crippen LogP contribution >= 0.6 is 0 Å². The first-order valence-corrected chi connectivity index (χ1v) is 8.39. The van der Waals surface area contributed by atoms with Crippen molar-refractivity contribution < 1.29 is 4.79 Å². The molecule has 0 aromatic rings. The number of hydrogen-bond donors (Lipinski definition) is 0. The van der Waals surface area contributed by atoms with E-state index in [0.29, 0.717) is 17.7 Å². The number of likely N-dealkylation sites (tertiary alicyclic amines) is 1. The van der Waals surface area contributed by atoms with Gasteiger partial charge in [0.25, 0.3) is 0 Å². The van der Waals surface area contributed by atoms with Crippen molar-refractivity contribution in [2.75, 3.05) is 33.7 Å². The van der Waals surface area contributed by atoms with Crippen LogP contribution in [0.3, 0.4) is 0 Å². The highest BCUT2D eigenvalue weighted by molar-refractivity contribution is 5.82. The number of hydrogen-bond acceptors (Lipinski definition) is 3. The van der Waals surface area contributed by atoms with E-state index in [-0.39, 0.29) is 0 Å². The van der Waals surface area contributed by atoms with Crippen LogP contribution < -0.4 is 0 Å². The highest BCUT2D eigenvalue weighted by Crippen LogP contribution is 2.32. The number of piperidine rings is 1. The van der Waals surface area contributed by atoms with E-state index in [1.165, 1.54) is 25.9 Å². The summed E-state index contributed by atoms with van der Waals surface area (Å²) in [6.45, 7) is 7.98. The van der Waals surface area contributed by atoms with Gasteiger partial charge >= 0.3 is 0 Å². The lowest BCUT2D eigenvalue weighted by atomic mass is 9.75. The van der Waals surface area contributed by atoms with Crippen LogP contribution in [0.5, 0.6) is 0 Å². The van der Waals surface area contributed by atoms with Gasteiger partial charge in [-0.3, -0.25) is 4.79 Å². The third kappa shape index (κ3) is 4.05. The Bertz CT molecular complexity index is 321. The van der Waals surface area contributed by atoms with Crippen molar-refractivity contribution in [1.29, 1.82) is 0 Å². The van der Waals surface area contributed by atoms with Gasteiger partial charge in [-0.15, -0.1) is 0 Å². The number of rotatable bonds is 4. The van der Waals surface area contributed by atoms with Crippen molar-refractivity contribution in [3.05, 3.63) is 0 Å². The molecule has 20 heavy (non-hydrogen) atoms. The first-order valence-electron chi connectivity index (χ1n) is 8.39. The quantitative estimate of drug-likeness (QED) is 0.791. The van der Waals surface area contributed by atoms with Gasteiger partial charge in [0.1, 0.15) is 5.78 Å². The number of ketones is 1. The topological polar surface area (TPSA) is 23.6 Å². The average Bonchev–Trinajstić information content (AvgIpc) is 2.41. The number of carbonyl (C=O) groups excluding carboxylic acids is 1. The molecule has 0 radical (unpaired) electrons. The van der Waals surface area contributed by atoms with E-state index in [4.69, 9.17) is 0 Å². The second kappa shape index (κ2) is 7.04. The second-order valence-corrected chi connectivity index (χ2v) is 7.42. The molecule has 0 N–H and O–H groups in total. The molecule has 2 unspecified atom stereocenters. The Morgan fingerprint density at radius 2 is 1.90 bits per heavy atom. The molecule has 0 aromatic carbocycles. The average molecular weight is 280 g/mol. The highest BCUT2D eigenvalue weighted by Gasteiger charge is 2.32. The summed E-state index contributed by atoms with van der Waals surface area (Å²) in [5.74, 6) is 2.28. The van der Waals surface area contributed by atoms with Crippen molar-refractivity contribution in [3.63, 3.8) is 0 Å². The van der Waals surface area contributed by atoms with Gasteiger partial charge in [-0.05, 0) is 64.7 Å². The molecule has 3 heteroatoms. The molecule has 0 bridgehead atoms. The van der Waals surface area contributed by atoms with Gasteiger partial charge < -0.3 is 9.80 Å². The molecule has 1 heterocycles. The van der Waals surface area contributed by atoms with E-state index in [2.05, 4.69) is 37.7 Å². The van der Waals surface area contributed by atoms with E-state index in [0.717, 1.165) is 37.6 Å². The fourth-order valence-electron chi connectivity index (χ4n) is 3.86. The molecule has 2 rings (SSSR count). The molecule has 1 aliphatic heterocycles. The van der Waals surface area contributed by atoms with E-state index in [1.807, 2.05) is 0 Å². The minimum atomic E-state index is 0.292. The molecular formula is C17H32N2O. The molecule has 2 fully saturated rings. The van der Waals surface area contributed by atoms with Crippen LogP contribution in [-0.2, 0) is 4.79 Å². The van der Waals surface area contributed by atoms with Crippen molar-refractivity contribution in [2.45, 2.75) is 52.0 Å². The Morgan fingerprint density at radius 1 is 1.25 bits per heavy atom. The molecule has 1 aliphatic carbocycles. The Hall–Kier alpha value is -0.410. The van der Waals surface area contributed by atoms with Gasteiger partial charge in [0.2, 0.25) is 0 Å². The molecule has 2 aliphatic rings. The van der Waals surface area contributed by atoms with Crippen LogP contribution in [0, 0.1) is 17.8 Å². The van der Waals surface area contributed by atoms with Crippen molar-refractivity contribution in [2.24, 2.45) is 17.8 Å². The smallest absolute Gasteiger partial charge is 0.137 e. The normalized spacial score (nSPS) is 30.4. The Morgan fingerprint density at radius 3 is 2.50 bits per heavy atom. The van der Waals surface area contributed by atoms with Crippen LogP contribution in [-0.4, -0.2) is 55.4 Å². The summed E-state index contributed by atoms with van der Waals surface area (Å²) in [6, 6.07) is 0.679. The third-order valence-corrected chi connectivity index (χ3v) is 5.57. The van der Waals surface area contributed by atoms with Crippen LogP contribution in [0.15, 0.2) is 0 Å². The fraction of sp³-hybridized carbons (Fsp3) is 0.941. The van der Waals surface area contributed by atoms with Crippen LogP contribution in [0.1, 0.15) is 46.0 Å². The Kier molecular flexibility index (Phi) is 5.62. The molecule has 1 saturated heterocycles. The maximum Gasteiger partial charge on any atom is 0.137 e. The lowest BCUT2D eigenvalue weighted by Gasteiger charge is -2.38. The van der Waals surface area contributed by atoms with Crippen molar-refractivity contribution in [1.82, 2.24) is 9.80 Å². The molecule has 0 amide bonds. The van der Waals surface area contributed by atoms with Crippen molar-refractivity contribution in [3.8, 4) is 0 Å². The molecular weight excluding hydrogens is 248 g/mol. The number of nitrogens with zero attached hydrogens (tertiary/aromatic N) is 2. The van der Waals surface area contributed by atoms with Crippen LogP contribution in [0.2, 0.25) is 0 Å². The standard InChI is InChI=1S/C17H32N2O/c1-13(2)14-5-6-17(20)15(11-14)12-19(4)16-7-9-18(3)10-8-16/h13-16H,5-12H2,1-4H3. The monoisotopic (exact) mass is 280 g/mol. The zero-order valence-corrected chi connectivity index (χ0v) is 13.8. The molecule has 0 spiro atoms. The largest absolute Gasteiger partial charge is 0.306 e. The minimum absolute atomic E-state index is 0.292. The van der Waals surface area contributed by atoms with Gasteiger partial charge in [0.15, 0.2) is 0 Å². The van der Waals surface area contributed by atoms with Crippen LogP contribution in [0.4, 0.5) is 0 Å². The number of Topliss-reactive ketones (excluding diaryl/α,β-unsaturated/α-hetero) is 1. The van der Waals surface area contributed by atoms with E-state index < -0.39 is 0 Å². The second-order valence-electron chi connectivity index (χ2n) is 7.42. The molecule has 2 atom stereocenters. The minimum Gasteiger partial charge on any atom is -0.306 e. The Labute approximate surface area is 124 Å². The van der Waals surface area contributed by atoms with E-state index >= 15 is 0 Å². The third-order valence-electron chi connectivity index (χ3n) is 5.57. The molecule has 3 nitrogen and oxygen atoms in total. The summed E-state index contributed by atoms with van der Waals surface area (Å²) in [6.07, 6.45) is 5.55. The summed E-state index contributed by atoms with van der Waals surface area (Å²) < 4.78 is 0. The SMILES string of the molecule is CC(C)C1CCC(=O)C(CN(C)C2CCN(C)CC2)C1. The van der Waals surface area contributed by atoms with Gasteiger partial charge in [0, 0.05) is 24.9 Å². The molecule has 1 saturated carbocycles. The number of carbonyl (C=O) groups is 1. The van der Waals surface area contributed by atoms with Gasteiger partial charge in [-0.2, -0.15) is 0 Å². The summed E-state index contributed by atoms with van der Waals surface area (Å²) in [5, 5.41) is 0. The van der Waals surface area contributed by atoms with Gasteiger partial charge in [-0.25, -0.2) is 0 Å². The lowest BCUT2D eigenvalue weighted by molar-refractivity contribution is -0.126. The fourth-order valence-corrected chi connectivity index (χ4v) is 3.86. The van der Waals surface area contributed by atoms with E-state index in [1.54, 1.807) is 0 Å². The molecule has 116 valence electrons. The van der Waals surface area contributed by atoms with Gasteiger partial charge in [-0.1, -0.05) is 13.8 Å². The summed E-state index contributed by atoms with van der Waals surface area (Å²) in [4.78, 5) is 17.1. The van der Waals surface area contributed by atoms with E-state index in [9.17, 15) is 4.79 Å². The maximum atomic E-state index is 12.2. The first-order chi connectivity index (χ1) is 9.47. The zero-order valence-electron chi connectivity index (χ0n) is 13.8. The summed E-state index contributed by atoms with van der Waals surface area (Å²) >= 11 is 0. The summed E-state index contributed by atoms with van der Waals surface area (Å²) in [7, 11) is 4.43. The Balaban J connectivity index is 1.85. The maximum absolute atomic E-state index is 12.2. The zero-order chi connectivity index (χ0) is 14.7. The van der Waals surface area contributed by atoms with Gasteiger partial charge in [0.05, 0.1) is 0 Å².